The van der Waals surface area contributed by atoms with E-state index in [2.05, 4.69) is 22.5 Å². The van der Waals surface area contributed by atoms with Gasteiger partial charge in [-0.05, 0) is 29.5 Å². The van der Waals surface area contributed by atoms with Crippen molar-refractivity contribution >= 4 is 23.2 Å². The van der Waals surface area contributed by atoms with Crippen molar-refractivity contribution in [1.82, 2.24) is 9.78 Å². The molecule has 2 aromatic carbocycles. The van der Waals surface area contributed by atoms with E-state index in [1.54, 1.807) is 6.20 Å². The lowest BCUT2D eigenvalue weighted by Crippen LogP contribution is -2.14. The van der Waals surface area contributed by atoms with E-state index in [4.69, 9.17) is 11.6 Å². The summed E-state index contributed by atoms with van der Waals surface area (Å²) >= 11 is 6.22. The molecular formula is C20H18ClN3O. The molecule has 0 aliphatic heterocycles. The Labute approximate surface area is 151 Å². The number of nitrogens with zero attached hydrogens (tertiary/aromatic N) is 2. The van der Waals surface area contributed by atoms with Crippen molar-refractivity contribution in [2.75, 3.05) is 5.32 Å². The van der Waals surface area contributed by atoms with Gasteiger partial charge in [-0.3, -0.25) is 9.48 Å². The minimum absolute atomic E-state index is 0.0163. The van der Waals surface area contributed by atoms with Crippen molar-refractivity contribution in [2.45, 2.75) is 18.9 Å². The number of aromatic nitrogens is 2. The van der Waals surface area contributed by atoms with Crippen LogP contribution in [0.5, 0.6) is 0 Å². The lowest BCUT2D eigenvalue weighted by atomic mass is 10.1. The van der Waals surface area contributed by atoms with Gasteiger partial charge >= 0.3 is 0 Å². The molecule has 2 unspecified atom stereocenters. The second kappa shape index (κ2) is 6.73. The van der Waals surface area contributed by atoms with Crippen LogP contribution < -0.4 is 5.32 Å². The van der Waals surface area contributed by atoms with Crippen LogP contribution in [0.3, 0.4) is 0 Å². The first kappa shape index (κ1) is 15.9. The molecule has 25 heavy (non-hydrogen) atoms. The fourth-order valence-electron chi connectivity index (χ4n) is 3.12. The Bertz CT molecular complexity index is 891. The first-order chi connectivity index (χ1) is 12.2. The van der Waals surface area contributed by atoms with Crippen LogP contribution in [0.25, 0.3) is 0 Å². The molecule has 3 aromatic rings. The summed E-state index contributed by atoms with van der Waals surface area (Å²) in [5.41, 5.74) is 2.96. The molecule has 1 aliphatic carbocycles. The number of halogens is 1. The summed E-state index contributed by atoms with van der Waals surface area (Å²) < 4.78 is 1.82. The highest BCUT2D eigenvalue weighted by molar-refractivity contribution is 6.31. The summed E-state index contributed by atoms with van der Waals surface area (Å²) in [5.74, 6) is 0.231. The molecule has 1 aromatic heterocycles. The molecule has 4 nitrogen and oxygen atoms in total. The van der Waals surface area contributed by atoms with E-state index < -0.39 is 0 Å². The highest BCUT2D eigenvalue weighted by Gasteiger charge is 2.44. The van der Waals surface area contributed by atoms with E-state index in [-0.39, 0.29) is 17.7 Å². The topological polar surface area (TPSA) is 46.9 Å². The third-order valence-corrected chi connectivity index (χ3v) is 4.86. The van der Waals surface area contributed by atoms with Crippen LogP contribution in [-0.4, -0.2) is 15.7 Å². The summed E-state index contributed by atoms with van der Waals surface area (Å²) in [4.78, 5) is 12.4. The third kappa shape index (κ3) is 3.59. The molecule has 0 saturated heterocycles. The largest absolute Gasteiger partial charge is 0.323 e. The number of benzene rings is 2. The Morgan fingerprint density at radius 2 is 1.92 bits per heavy atom. The van der Waals surface area contributed by atoms with Crippen molar-refractivity contribution in [3.8, 4) is 0 Å². The van der Waals surface area contributed by atoms with Crippen molar-refractivity contribution in [2.24, 2.45) is 5.92 Å². The van der Waals surface area contributed by atoms with E-state index >= 15 is 0 Å². The van der Waals surface area contributed by atoms with Gasteiger partial charge in [0.05, 0.1) is 18.4 Å². The lowest BCUT2D eigenvalue weighted by Gasteiger charge is -2.04. The van der Waals surface area contributed by atoms with Gasteiger partial charge in [0.2, 0.25) is 5.91 Å². The Balaban J connectivity index is 1.37. The first-order valence-corrected chi connectivity index (χ1v) is 8.70. The molecule has 1 fully saturated rings. The number of hydrogen-bond donors (Lipinski definition) is 1. The van der Waals surface area contributed by atoms with E-state index in [1.165, 1.54) is 5.56 Å². The van der Waals surface area contributed by atoms with E-state index in [0.29, 0.717) is 6.54 Å². The number of anilines is 1. The first-order valence-electron chi connectivity index (χ1n) is 8.32. The molecule has 1 aliphatic rings. The van der Waals surface area contributed by atoms with E-state index in [9.17, 15) is 4.79 Å². The number of rotatable bonds is 5. The molecule has 1 heterocycles. The lowest BCUT2D eigenvalue weighted by molar-refractivity contribution is -0.117. The van der Waals surface area contributed by atoms with Crippen molar-refractivity contribution in [3.05, 3.63) is 83.1 Å². The van der Waals surface area contributed by atoms with Gasteiger partial charge in [0.1, 0.15) is 0 Å². The molecule has 5 heteroatoms. The maximum absolute atomic E-state index is 12.4. The van der Waals surface area contributed by atoms with E-state index in [1.807, 2.05) is 53.3 Å². The smallest absolute Gasteiger partial charge is 0.228 e. The maximum atomic E-state index is 12.4. The molecule has 2 atom stereocenters. The number of carbonyl (C=O) groups excluding carboxylic acids is 1. The van der Waals surface area contributed by atoms with Crippen LogP contribution in [-0.2, 0) is 11.3 Å². The highest BCUT2D eigenvalue weighted by atomic mass is 35.5. The number of amides is 1. The monoisotopic (exact) mass is 351 g/mol. The zero-order valence-corrected chi connectivity index (χ0v) is 14.4. The second-order valence-electron chi connectivity index (χ2n) is 6.37. The Hall–Kier alpha value is -2.59. The van der Waals surface area contributed by atoms with Crippen LogP contribution in [0.1, 0.15) is 23.5 Å². The van der Waals surface area contributed by atoms with Gasteiger partial charge in [-0.25, -0.2) is 0 Å². The summed E-state index contributed by atoms with van der Waals surface area (Å²) in [6.07, 6.45) is 4.39. The van der Waals surface area contributed by atoms with E-state index in [0.717, 1.165) is 22.7 Å². The fourth-order valence-corrected chi connectivity index (χ4v) is 3.40. The van der Waals surface area contributed by atoms with Gasteiger partial charge in [-0.1, -0.05) is 60.1 Å². The summed E-state index contributed by atoms with van der Waals surface area (Å²) in [6.45, 7) is 0.683. The van der Waals surface area contributed by atoms with Gasteiger partial charge in [-0.15, -0.1) is 0 Å². The predicted octanol–water partition coefficient (Wildman–Crippen LogP) is 4.33. The minimum atomic E-state index is -0.0163. The average Bonchev–Trinajstić information content (AvgIpc) is 3.31. The van der Waals surface area contributed by atoms with Gasteiger partial charge in [-0.2, -0.15) is 5.10 Å². The highest BCUT2D eigenvalue weighted by Crippen LogP contribution is 2.49. The van der Waals surface area contributed by atoms with Crippen LogP contribution in [0.2, 0.25) is 5.02 Å². The SMILES string of the molecule is O=C(Nc1cnn(Cc2ccccc2)c1)C1CC1c1ccccc1Cl. The third-order valence-electron chi connectivity index (χ3n) is 4.52. The molecule has 4 rings (SSSR count). The number of hydrogen-bond acceptors (Lipinski definition) is 2. The standard InChI is InChI=1S/C20H18ClN3O/c21-19-9-5-4-8-16(19)17-10-18(17)20(25)23-15-11-22-24(13-15)12-14-6-2-1-3-7-14/h1-9,11,13,17-18H,10,12H2,(H,23,25). The summed E-state index contributed by atoms with van der Waals surface area (Å²) in [6, 6.07) is 17.8. The Morgan fingerprint density at radius 3 is 2.72 bits per heavy atom. The number of carbonyl (C=O) groups is 1. The van der Waals surface area contributed by atoms with Crippen molar-refractivity contribution < 1.29 is 4.79 Å². The van der Waals surface area contributed by atoms with Crippen LogP contribution in [0.4, 0.5) is 5.69 Å². The Kier molecular flexibility index (Phi) is 4.28. The molecule has 1 amide bonds. The van der Waals surface area contributed by atoms with Crippen molar-refractivity contribution in [3.63, 3.8) is 0 Å². The second-order valence-corrected chi connectivity index (χ2v) is 6.78. The zero-order chi connectivity index (χ0) is 17.2. The van der Waals surface area contributed by atoms with Crippen molar-refractivity contribution in [1.29, 1.82) is 0 Å². The molecule has 0 spiro atoms. The van der Waals surface area contributed by atoms with Gasteiger partial charge in [0, 0.05) is 17.1 Å². The fraction of sp³-hybridized carbons (Fsp3) is 0.200. The Morgan fingerprint density at radius 1 is 1.16 bits per heavy atom. The van der Waals surface area contributed by atoms with Crippen LogP contribution in [0, 0.1) is 5.92 Å². The molecule has 0 bridgehead atoms. The minimum Gasteiger partial charge on any atom is -0.323 e. The van der Waals surface area contributed by atoms with Gasteiger partial charge in [0.25, 0.3) is 0 Å². The molecule has 126 valence electrons. The van der Waals surface area contributed by atoms with Gasteiger partial charge < -0.3 is 5.32 Å². The normalized spacial score (nSPS) is 18.8. The predicted molar refractivity (Wildman–Crippen MR) is 98.7 cm³/mol. The maximum Gasteiger partial charge on any atom is 0.228 e. The molecular weight excluding hydrogens is 334 g/mol. The molecule has 1 saturated carbocycles. The quantitative estimate of drug-likeness (QED) is 0.743. The summed E-state index contributed by atoms with van der Waals surface area (Å²) in [5, 5.41) is 8.02. The average molecular weight is 352 g/mol. The summed E-state index contributed by atoms with van der Waals surface area (Å²) in [7, 11) is 0. The number of nitrogens with one attached hydrogen (secondary N) is 1. The zero-order valence-electron chi connectivity index (χ0n) is 13.6. The van der Waals surface area contributed by atoms with Crippen LogP contribution >= 0.6 is 11.6 Å². The van der Waals surface area contributed by atoms with Crippen LogP contribution in [0.15, 0.2) is 67.0 Å². The molecule has 0 radical (unpaired) electrons. The van der Waals surface area contributed by atoms with Gasteiger partial charge in [0.15, 0.2) is 0 Å². The molecule has 1 N–H and O–H groups in total.